The molecule has 0 aliphatic heterocycles. The number of nitriles is 1. The molecule has 0 bridgehead atoms. The van der Waals surface area contributed by atoms with Gasteiger partial charge < -0.3 is 19.2 Å². The number of oxazole rings is 1. The maximum Gasteiger partial charge on any atom is 0.236 e. The van der Waals surface area contributed by atoms with Crippen LogP contribution in [0.25, 0.3) is 0 Å². The van der Waals surface area contributed by atoms with Gasteiger partial charge in [-0.25, -0.2) is 0 Å². The van der Waals surface area contributed by atoms with E-state index in [4.69, 9.17) is 19.2 Å². The van der Waals surface area contributed by atoms with Crippen LogP contribution in [0.2, 0.25) is 0 Å². The van der Waals surface area contributed by atoms with Crippen LogP contribution < -0.4 is 10.1 Å². The van der Waals surface area contributed by atoms with Gasteiger partial charge in [-0.1, -0.05) is 17.7 Å². The monoisotopic (exact) mass is 301 g/mol. The molecule has 0 spiro atoms. The van der Waals surface area contributed by atoms with E-state index in [-0.39, 0.29) is 12.3 Å². The predicted octanol–water partition coefficient (Wildman–Crippen LogP) is 2.88. The van der Waals surface area contributed by atoms with Crippen molar-refractivity contribution in [2.45, 2.75) is 20.0 Å². The van der Waals surface area contributed by atoms with Crippen molar-refractivity contribution >= 4 is 5.88 Å². The van der Waals surface area contributed by atoms with Gasteiger partial charge in [0.25, 0.3) is 0 Å². The third-order valence-corrected chi connectivity index (χ3v) is 2.97. The molecule has 0 amide bonds. The minimum Gasteiger partial charge on any atom is -0.484 e. The van der Waals surface area contributed by atoms with Gasteiger partial charge in [0.1, 0.15) is 11.8 Å². The summed E-state index contributed by atoms with van der Waals surface area (Å²) in [7, 11) is 1.65. The zero-order valence-corrected chi connectivity index (χ0v) is 12.8. The number of benzene rings is 1. The number of rotatable bonds is 8. The summed E-state index contributed by atoms with van der Waals surface area (Å²) >= 11 is 0. The van der Waals surface area contributed by atoms with Crippen LogP contribution in [-0.4, -0.2) is 25.2 Å². The maximum atomic E-state index is 9.07. The Morgan fingerprint density at radius 1 is 1.32 bits per heavy atom. The van der Waals surface area contributed by atoms with Gasteiger partial charge in [-0.15, -0.1) is 0 Å². The van der Waals surface area contributed by atoms with Gasteiger partial charge in [0.15, 0.2) is 6.61 Å². The third-order valence-electron chi connectivity index (χ3n) is 2.97. The Bertz CT molecular complexity index is 629. The molecule has 6 heteroatoms. The van der Waals surface area contributed by atoms with Gasteiger partial charge in [0.05, 0.1) is 0 Å². The van der Waals surface area contributed by atoms with Crippen LogP contribution in [0.4, 0.5) is 5.88 Å². The fourth-order valence-corrected chi connectivity index (χ4v) is 1.82. The number of methoxy groups -OCH3 is 1. The first-order chi connectivity index (χ1) is 10.7. The van der Waals surface area contributed by atoms with E-state index in [1.165, 1.54) is 0 Å². The fraction of sp³-hybridized carbons (Fsp3) is 0.375. The summed E-state index contributed by atoms with van der Waals surface area (Å²) in [5, 5.41) is 12.1. The van der Waals surface area contributed by atoms with Crippen LogP contribution in [0.1, 0.15) is 23.6 Å². The summed E-state index contributed by atoms with van der Waals surface area (Å²) in [6, 6.07) is 9.71. The SMILES string of the molecule is COCCCNc1oc(COc2ccc(C)cc2)nc1C#N. The van der Waals surface area contributed by atoms with Crippen LogP contribution in [0.15, 0.2) is 28.7 Å². The first-order valence-corrected chi connectivity index (χ1v) is 7.05. The molecular formula is C16H19N3O3. The van der Waals surface area contributed by atoms with Crippen molar-refractivity contribution in [1.29, 1.82) is 5.26 Å². The molecule has 0 fully saturated rings. The highest BCUT2D eigenvalue weighted by molar-refractivity contribution is 5.45. The van der Waals surface area contributed by atoms with Crippen LogP contribution in [-0.2, 0) is 11.3 Å². The number of aromatic nitrogens is 1. The van der Waals surface area contributed by atoms with Crippen molar-refractivity contribution in [3.05, 3.63) is 41.4 Å². The summed E-state index contributed by atoms with van der Waals surface area (Å²) in [6.07, 6.45) is 0.817. The van der Waals surface area contributed by atoms with Gasteiger partial charge in [0.2, 0.25) is 17.5 Å². The average Bonchev–Trinajstić information content (AvgIpc) is 2.93. The largest absolute Gasteiger partial charge is 0.484 e. The van der Waals surface area contributed by atoms with E-state index in [2.05, 4.69) is 10.3 Å². The van der Waals surface area contributed by atoms with Gasteiger partial charge in [0, 0.05) is 20.3 Å². The topological polar surface area (TPSA) is 80.3 Å². The first-order valence-electron chi connectivity index (χ1n) is 7.05. The molecule has 0 saturated heterocycles. The molecule has 22 heavy (non-hydrogen) atoms. The number of nitrogens with zero attached hydrogens (tertiary/aromatic N) is 2. The summed E-state index contributed by atoms with van der Waals surface area (Å²) in [5.41, 5.74) is 1.40. The zero-order valence-electron chi connectivity index (χ0n) is 12.8. The van der Waals surface area contributed by atoms with E-state index in [0.29, 0.717) is 24.9 Å². The molecular weight excluding hydrogens is 282 g/mol. The highest BCUT2D eigenvalue weighted by Gasteiger charge is 2.13. The van der Waals surface area contributed by atoms with Crippen LogP contribution in [0.3, 0.4) is 0 Å². The molecule has 0 atom stereocenters. The van der Waals surface area contributed by atoms with E-state index in [1.807, 2.05) is 37.3 Å². The van der Waals surface area contributed by atoms with Crippen LogP contribution in [0, 0.1) is 18.3 Å². The smallest absolute Gasteiger partial charge is 0.236 e. The molecule has 1 aromatic heterocycles. The Balaban J connectivity index is 1.92. The molecule has 1 N–H and O–H groups in total. The number of anilines is 1. The number of aryl methyl sites for hydroxylation is 1. The Kier molecular flexibility index (Phi) is 5.81. The lowest BCUT2D eigenvalue weighted by atomic mass is 10.2. The minimum absolute atomic E-state index is 0.178. The van der Waals surface area contributed by atoms with Gasteiger partial charge in [-0.2, -0.15) is 10.2 Å². The molecule has 6 nitrogen and oxygen atoms in total. The Labute approximate surface area is 129 Å². The van der Waals surface area contributed by atoms with E-state index < -0.39 is 0 Å². The average molecular weight is 301 g/mol. The fourth-order valence-electron chi connectivity index (χ4n) is 1.82. The molecule has 2 aromatic rings. The van der Waals surface area contributed by atoms with Crippen molar-refractivity contribution in [2.75, 3.05) is 25.6 Å². The quantitative estimate of drug-likeness (QED) is 0.755. The molecule has 0 saturated carbocycles. The second-order valence-electron chi connectivity index (χ2n) is 4.77. The summed E-state index contributed by atoms with van der Waals surface area (Å²) in [4.78, 5) is 4.11. The van der Waals surface area contributed by atoms with Crippen LogP contribution >= 0.6 is 0 Å². The first kappa shape index (κ1) is 15.9. The van der Waals surface area contributed by atoms with E-state index in [9.17, 15) is 0 Å². The van der Waals surface area contributed by atoms with E-state index in [1.54, 1.807) is 7.11 Å². The molecule has 1 aromatic carbocycles. The summed E-state index contributed by atoms with van der Waals surface area (Å²) < 4.78 is 16.1. The van der Waals surface area contributed by atoms with Crippen molar-refractivity contribution in [1.82, 2.24) is 4.98 Å². The van der Waals surface area contributed by atoms with Gasteiger partial charge in [-0.05, 0) is 25.5 Å². The van der Waals surface area contributed by atoms with E-state index >= 15 is 0 Å². The number of nitrogens with one attached hydrogen (secondary N) is 1. The summed E-state index contributed by atoms with van der Waals surface area (Å²) in [5.74, 6) is 1.48. The minimum atomic E-state index is 0.178. The molecule has 0 aliphatic rings. The predicted molar refractivity (Wildman–Crippen MR) is 81.7 cm³/mol. The Morgan fingerprint density at radius 3 is 2.77 bits per heavy atom. The van der Waals surface area contributed by atoms with Crippen molar-refractivity contribution in [3.63, 3.8) is 0 Å². The Morgan fingerprint density at radius 2 is 2.09 bits per heavy atom. The van der Waals surface area contributed by atoms with Crippen molar-refractivity contribution in [3.8, 4) is 11.8 Å². The number of ether oxygens (including phenoxy) is 2. The normalized spacial score (nSPS) is 10.2. The molecule has 0 unspecified atom stereocenters. The van der Waals surface area contributed by atoms with E-state index in [0.717, 1.165) is 17.7 Å². The lowest BCUT2D eigenvalue weighted by Crippen LogP contribution is -2.04. The highest BCUT2D eigenvalue weighted by atomic mass is 16.5. The molecule has 0 aliphatic carbocycles. The number of hydrogen-bond donors (Lipinski definition) is 1. The van der Waals surface area contributed by atoms with Crippen molar-refractivity contribution in [2.24, 2.45) is 0 Å². The zero-order chi connectivity index (χ0) is 15.8. The standard InChI is InChI=1S/C16H19N3O3/c1-12-4-6-13(7-5-12)21-11-15-19-14(10-17)16(22-15)18-8-3-9-20-2/h4-7,18H,3,8-9,11H2,1-2H3. The second-order valence-corrected chi connectivity index (χ2v) is 4.77. The lowest BCUT2D eigenvalue weighted by Gasteiger charge is -2.04. The highest BCUT2D eigenvalue weighted by Crippen LogP contribution is 2.19. The molecule has 0 radical (unpaired) electrons. The van der Waals surface area contributed by atoms with Gasteiger partial charge in [-0.3, -0.25) is 0 Å². The number of hydrogen-bond acceptors (Lipinski definition) is 6. The molecule has 1 heterocycles. The lowest BCUT2D eigenvalue weighted by molar-refractivity contribution is 0.197. The summed E-state index contributed by atoms with van der Waals surface area (Å²) in [6.45, 7) is 3.48. The molecule has 2 rings (SSSR count). The molecule has 116 valence electrons. The third kappa shape index (κ3) is 4.50. The van der Waals surface area contributed by atoms with Crippen LogP contribution in [0.5, 0.6) is 5.75 Å². The Hall–Kier alpha value is -2.52. The maximum absolute atomic E-state index is 9.07. The van der Waals surface area contributed by atoms with Gasteiger partial charge >= 0.3 is 0 Å². The van der Waals surface area contributed by atoms with Crippen molar-refractivity contribution < 1.29 is 13.9 Å². The second kappa shape index (κ2) is 8.05.